The van der Waals surface area contributed by atoms with Crippen LogP contribution in [-0.2, 0) is 4.74 Å². The molecular formula is C6H10F2O2. The van der Waals surface area contributed by atoms with Gasteiger partial charge in [0.2, 0.25) is 0 Å². The molecule has 0 heterocycles. The smallest absolute Gasteiger partial charge is 0.293 e. The summed E-state index contributed by atoms with van der Waals surface area (Å²) in [7, 11) is 0. The Morgan fingerprint density at radius 1 is 1.60 bits per heavy atom. The summed E-state index contributed by atoms with van der Waals surface area (Å²) >= 11 is 0. The standard InChI is InChI=1S/C6H10F2O2/c1-2-3-10-5-6(7,8)4-9/h2,9H,1,3-5H2. The molecule has 0 rings (SSSR count). The van der Waals surface area contributed by atoms with Gasteiger partial charge in [-0.15, -0.1) is 6.58 Å². The molecule has 1 N–H and O–H groups in total. The Morgan fingerprint density at radius 3 is 2.60 bits per heavy atom. The van der Waals surface area contributed by atoms with Gasteiger partial charge in [-0.05, 0) is 0 Å². The van der Waals surface area contributed by atoms with Crippen molar-refractivity contribution in [1.29, 1.82) is 0 Å². The van der Waals surface area contributed by atoms with Gasteiger partial charge >= 0.3 is 0 Å². The summed E-state index contributed by atoms with van der Waals surface area (Å²) in [6.07, 6.45) is 1.37. The zero-order valence-electron chi connectivity index (χ0n) is 5.52. The second kappa shape index (κ2) is 4.35. The number of hydrogen-bond donors (Lipinski definition) is 1. The molecule has 60 valence electrons. The van der Waals surface area contributed by atoms with Gasteiger partial charge < -0.3 is 9.84 Å². The predicted molar refractivity (Wildman–Crippen MR) is 33.0 cm³/mol. The minimum Gasteiger partial charge on any atom is -0.390 e. The fourth-order valence-electron chi connectivity index (χ4n) is 0.337. The molecule has 0 amide bonds. The highest BCUT2D eigenvalue weighted by Crippen LogP contribution is 2.11. The molecule has 0 unspecified atom stereocenters. The van der Waals surface area contributed by atoms with E-state index in [1.54, 1.807) is 0 Å². The Hall–Kier alpha value is -0.480. The van der Waals surface area contributed by atoms with Crippen LogP contribution in [0.2, 0.25) is 0 Å². The Balaban J connectivity index is 3.36. The lowest BCUT2D eigenvalue weighted by Gasteiger charge is -2.11. The summed E-state index contributed by atoms with van der Waals surface area (Å²) in [5, 5.41) is 8.04. The zero-order valence-corrected chi connectivity index (χ0v) is 5.52. The molecule has 0 aromatic heterocycles. The Bertz CT molecular complexity index is 104. The Morgan fingerprint density at radius 2 is 2.20 bits per heavy atom. The summed E-state index contributed by atoms with van der Waals surface area (Å²) in [5.74, 6) is -3.12. The van der Waals surface area contributed by atoms with Crippen LogP contribution < -0.4 is 0 Å². The van der Waals surface area contributed by atoms with E-state index in [0.717, 1.165) is 0 Å². The van der Waals surface area contributed by atoms with E-state index >= 15 is 0 Å². The monoisotopic (exact) mass is 152 g/mol. The molecule has 0 saturated carbocycles. The summed E-state index contributed by atoms with van der Waals surface area (Å²) in [4.78, 5) is 0. The second-order valence-electron chi connectivity index (χ2n) is 1.82. The van der Waals surface area contributed by atoms with Crippen LogP contribution in [0.3, 0.4) is 0 Å². The van der Waals surface area contributed by atoms with Crippen LogP contribution in [0, 0.1) is 0 Å². The maximum atomic E-state index is 12.1. The Labute approximate surface area is 58.1 Å². The minimum absolute atomic E-state index is 0.0790. The lowest BCUT2D eigenvalue weighted by atomic mass is 10.4. The SMILES string of the molecule is C=CCOCC(F)(F)CO. The van der Waals surface area contributed by atoms with E-state index in [1.807, 2.05) is 0 Å². The van der Waals surface area contributed by atoms with Crippen molar-refractivity contribution < 1.29 is 18.6 Å². The quantitative estimate of drug-likeness (QED) is 0.466. The number of ether oxygens (including phenoxy) is 1. The molecule has 0 aliphatic carbocycles. The van der Waals surface area contributed by atoms with Crippen molar-refractivity contribution in [3.8, 4) is 0 Å². The molecule has 2 nitrogen and oxygen atoms in total. The highest BCUT2D eigenvalue weighted by Gasteiger charge is 2.27. The third-order valence-electron chi connectivity index (χ3n) is 0.780. The number of hydrogen-bond acceptors (Lipinski definition) is 2. The molecule has 0 aromatic rings. The number of aliphatic hydroxyl groups excluding tert-OH is 1. The van der Waals surface area contributed by atoms with Crippen LogP contribution in [0.4, 0.5) is 8.78 Å². The van der Waals surface area contributed by atoms with E-state index < -0.39 is 19.1 Å². The molecule has 10 heavy (non-hydrogen) atoms. The molecule has 0 bridgehead atoms. The lowest BCUT2D eigenvalue weighted by molar-refractivity contribution is -0.103. The molecule has 0 aliphatic heterocycles. The van der Waals surface area contributed by atoms with E-state index in [1.165, 1.54) is 6.08 Å². The second-order valence-corrected chi connectivity index (χ2v) is 1.82. The van der Waals surface area contributed by atoms with Crippen molar-refractivity contribution in [1.82, 2.24) is 0 Å². The molecule has 0 aliphatic rings. The topological polar surface area (TPSA) is 29.5 Å². The van der Waals surface area contributed by atoms with Crippen molar-refractivity contribution in [2.24, 2.45) is 0 Å². The van der Waals surface area contributed by atoms with Gasteiger partial charge in [0.05, 0.1) is 6.61 Å². The Kier molecular flexibility index (Phi) is 4.14. The molecule has 0 spiro atoms. The molecule has 0 radical (unpaired) electrons. The first-order valence-corrected chi connectivity index (χ1v) is 2.80. The van der Waals surface area contributed by atoms with Crippen molar-refractivity contribution in [2.75, 3.05) is 19.8 Å². The van der Waals surface area contributed by atoms with E-state index in [2.05, 4.69) is 11.3 Å². The number of halogens is 2. The molecule has 4 heteroatoms. The molecule has 0 saturated heterocycles. The van der Waals surface area contributed by atoms with Crippen molar-refractivity contribution >= 4 is 0 Å². The number of alkyl halides is 2. The van der Waals surface area contributed by atoms with Crippen molar-refractivity contribution in [3.05, 3.63) is 12.7 Å². The van der Waals surface area contributed by atoms with Gasteiger partial charge in [-0.3, -0.25) is 0 Å². The lowest BCUT2D eigenvalue weighted by Crippen LogP contribution is -2.27. The predicted octanol–water partition coefficient (Wildman–Crippen LogP) is 0.817. The van der Waals surface area contributed by atoms with Gasteiger partial charge in [-0.2, -0.15) is 0 Å². The minimum atomic E-state index is -3.12. The molecule has 0 fully saturated rings. The highest BCUT2D eigenvalue weighted by atomic mass is 19.3. The largest absolute Gasteiger partial charge is 0.390 e. The first-order valence-electron chi connectivity index (χ1n) is 2.80. The fraction of sp³-hybridized carbons (Fsp3) is 0.667. The van der Waals surface area contributed by atoms with Crippen LogP contribution in [-0.4, -0.2) is 30.8 Å². The zero-order chi connectivity index (χ0) is 8.04. The number of rotatable bonds is 5. The van der Waals surface area contributed by atoms with E-state index in [-0.39, 0.29) is 6.61 Å². The fourth-order valence-corrected chi connectivity index (χ4v) is 0.337. The maximum Gasteiger partial charge on any atom is 0.293 e. The average Bonchev–Trinajstić information content (AvgIpc) is 1.89. The van der Waals surface area contributed by atoms with Crippen LogP contribution in [0.1, 0.15) is 0 Å². The first kappa shape index (κ1) is 9.52. The first-order chi connectivity index (χ1) is 4.62. The van der Waals surface area contributed by atoms with Gasteiger partial charge in [0.15, 0.2) is 0 Å². The normalized spacial score (nSPS) is 11.5. The highest BCUT2D eigenvalue weighted by molar-refractivity contribution is 4.67. The number of aliphatic hydroxyl groups is 1. The van der Waals surface area contributed by atoms with Crippen molar-refractivity contribution in [3.63, 3.8) is 0 Å². The summed E-state index contributed by atoms with van der Waals surface area (Å²) in [6.45, 7) is 1.42. The van der Waals surface area contributed by atoms with E-state index in [4.69, 9.17) is 5.11 Å². The van der Waals surface area contributed by atoms with Crippen LogP contribution in [0.5, 0.6) is 0 Å². The van der Waals surface area contributed by atoms with Crippen LogP contribution in [0.25, 0.3) is 0 Å². The van der Waals surface area contributed by atoms with Gasteiger partial charge in [-0.25, -0.2) is 8.78 Å². The van der Waals surface area contributed by atoms with Crippen LogP contribution in [0.15, 0.2) is 12.7 Å². The van der Waals surface area contributed by atoms with Gasteiger partial charge in [0.1, 0.15) is 13.2 Å². The maximum absolute atomic E-state index is 12.1. The van der Waals surface area contributed by atoms with Gasteiger partial charge in [0.25, 0.3) is 5.92 Å². The molecule has 0 aromatic carbocycles. The van der Waals surface area contributed by atoms with Crippen LogP contribution >= 0.6 is 0 Å². The summed E-state index contributed by atoms with van der Waals surface area (Å²) in [5.41, 5.74) is 0. The van der Waals surface area contributed by atoms with Gasteiger partial charge in [0, 0.05) is 0 Å². The average molecular weight is 152 g/mol. The molecular weight excluding hydrogens is 142 g/mol. The molecule has 0 atom stereocenters. The van der Waals surface area contributed by atoms with Gasteiger partial charge in [-0.1, -0.05) is 6.08 Å². The summed E-state index contributed by atoms with van der Waals surface area (Å²) < 4.78 is 28.5. The van der Waals surface area contributed by atoms with E-state index in [9.17, 15) is 8.78 Å². The van der Waals surface area contributed by atoms with E-state index in [0.29, 0.717) is 0 Å². The van der Waals surface area contributed by atoms with Crippen molar-refractivity contribution in [2.45, 2.75) is 5.92 Å². The third-order valence-corrected chi connectivity index (χ3v) is 0.780. The third kappa shape index (κ3) is 4.40. The summed E-state index contributed by atoms with van der Waals surface area (Å²) in [6, 6.07) is 0.